The van der Waals surface area contributed by atoms with Crippen LogP contribution in [-0.2, 0) is 11.2 Å². The van der Waals surface area contributed by atoms with Crippen molar-refractivity contribution in [1.82, 2.24) is 15.3 Å². The van der Waals surface area contributed by atoms with Crippen molar-refractivity contribution < 1.29 is 9.53 Å². The van der Waals surface area contributed by atoms with Crippen LogP contribution in [0.3, 0.4) is 0 Å². The second kappa shape index (κ2) is 8.53. The molecule has 6 nitrogen and oxygen atoms in total. The molecule has 1 unspecified atom stereocenters. The second-order valence-electron chi connectivity index (χ2n) is 7.66. The third-order valence-corrected chi connectivity index (χ3v) is 6.63. The maximum atomic E-state index is 12.9. The first kappa shape index (κ1) is 19.2. The summed E-state index contributed by atoms with van der Waals surface area (Å²) >= 11 is 1.49. The van der Waals surface area contributed by atoms with E-state index in [1.807, 2.05) is 23.6 Å². The lowest BCUT2D eigenvalue weighted by atomic mass is 9.88. The van der Waals surface area contributed by atoms with Crippen LogP contribution >= 0.6 is 11.3 Å². The molecule has 7 heteroatoms. The van der Waals surface area contributed by atoms with E-state index >= 15 is 0 Å². The van der Waals surface area contributed by atoms with Gasteiger partial charge in [0.15, 0.2) is 0 Å². The Morgan fingerprint density at radius 1 is 1.20 bits per heavy atom. The summed E-state index contributed by atoms with van der Waals surface area (Å²) in [7, 11) is 0. The van der Waals surface area contributed by atoms with Crippen molar-refractivity contribution in [3.63, 3.8) is 0 Å². The Labute approximate surface area is 179 Å². The number of hydrogen-bond acceptors (Lipinski definition) is 6. The van der Waals surface area contributed by atoms with Gasteiger partial charge in [0.2, 0.25) is 0 Å². The summed E-state index contributed by atoms with van der Waals surface area (Å²) in [6.07, 6.45) is 4.94. The molecule has 30 heavy (non-hydrogen) atoms. The molecule has 1 atom stereocenters. The molecule has 0 spiro atoms. The minimum atomic E-state index is -0.110. The van der Waals surface area contributed by atoms with Crippen molar-refractivity contribution in [3.8, 4) is 10.6 Å². The molecule has 1 N–H and O–H groups in total. The Balaban J connectivity index is 1.32. The Bertz CT molecular complexity index is 1040. The molecule has 1 fully saturated rings. The Morgan fingerprint density at radius 3 is 2.97 bits per heavy atom. The van der Waals surface area contributed by atoms with Crippen molar-refractivity contribution in [2.75, 3.05) is 31.2 Å². The minimum Gasteiger partial charge on any atom is -0.378 e. The first-order valence-corrected chi connectivity index (χ1v) is 11.3. The van der Waals surface area contributed by atoms with Gasteiger partial charge in [-0.2, -0.15) is 0 Å². The zero-order chi connectivity index (χ0) is 20.3. The largest absolute Gasteiger partial charge is 0.378 e. The number of aromatic nitrogens is 2. The number of hydrogen-bond donors (Lipinski definition) is 1. The molecular weight excluding hydrogens is 396 g/mol. The number of pyridine rings is 1. The highest BCUT2D eigenvalue weighted by molar-refractivity contribution is 7.13. The maximum Gasteiger partial charge on any atom is 0.271 e. The summed E-state index contributed by atoms with van der Waals surface area (Å²) in [5, 5.41) is 5.87. The summed E-state index contributed by atoms with van der Waals surface area (Å²) in [5.41, 5.74) is 4.03. The summed E-state index contributed by atoms with van der Waals surface area (Å²) in [6, 6.07) is 12.4. The van der Waals surface area contributed by atoms with Gasteiger partial charge in [-0.1, -0.05) is 24.3 Å². The number of thiazole rings is 1. The number of fused-ring (bicyclic) bond motifs is 1. The fourth-order valence-corrected chi connectivity index (χ4v) is 4.96. The van der Waals surface area contributed by atoms with Gasteiger partial charge in [-0.25, -0.2) is 9.97 Å². The zero-order valence-corrected chi connectivity index (χ0v) is 17.5. The molecule has 0 radical (unpaired) electrons. The van der Waals surface area contributed by atoms with E-state index in [1.54, 1.807) is 6.20 Å². The number of nitrogens with one attached hydrogen (secondary N) is 1. The number of carbonyl (C=O) groups is 1. The highest BCUT2D eigenvalue weighted by atomic mass is 32.1. The number of anilines is 1. The molecule has 1 amide bonds. The van der Waals surface area contributed by atoms with E-state index in [4.69, 9.17) is 4.74 Å². The standard InChI is InChI=1S/C23H24N4O2S/c28-22(25-19-7-3-5-16-4-1-2-6-18(16)19)20-15-30-23(26-20)17-8-9-24-21(14-17)27-10-12-29-13-11-27/h1-2,4,6,8-9,14-15,19H,3,5,7,10-13H2,(H,25,28). The molecule has 3 heterocycles. The van der Waals surface area contributed by atoms with E-state index in [2.05, 4.69) is 38.4 Å². The molecule has 1 saturated heterocycles. The van der Waals surface area contributed by atoms with E-state index in [1.165, 1.54) is 22.5 Å². The van der Waals surface area contributed by atoms with Crippen molar-refractivity contribution in [1.29, 1.82) is 0 Å². The summed E-state index contributed by atoms with van der Waals surface area (Å²) in [6.45, 7) is 3.12. The highest BCUT2D eigenvalue weighted by Crippen LogP contribution is 2.30. The number of rotatable bonds is 4. The van der Waals surface area contributed by atoms with Gasteiger partial charge < -0.3 is 15.0 Å². The molecule has 2 aromatic heterocycles. The number of carbonyl (C=O) groups excluding carboxylic acids is 1. The molecule has 3 aromatic rings. The number of amides is 1. The monoisotopic (exact) mass is 420 g/mol. The van der Waals surface area contributed by atoms with E-state index in [-0.39, 0.29) is 11.9 Å². The lowest BCUT2D eigenvalue weighted by Gasteiger charge is -2.27. The van der Waals surface area contributed by atoms with Gasteiger partial charge in [0.1, 0.15) is 16.5 Å². The smallest absolute Gasteiger partial charge is 0.271 e. The predicted octanol–water partition coefficient (Wildman–Crippen LogP) is 3.85. The number of benzene rings is 1. The Kier molecular flexibility index (Phi) is 5.46. The summed E-state index contributed by atoms with van der Waals surface area (Å²) < 4.78 is 5.43. The number of ether oxygens (including phenoxy) is 1. The van der Waals surface area contributed by atoms with Crippen molar-refractivity contribution in [3.05, 3.63) is 64.8 Å². The molecule has 1 aromatic carbocycles. The first-order valence-electron chi connectivity index (χ1n) is 10.4. The van der Waals surface area contributed by atoms with Crippen molar-refractivity contribution in [2.45, 2.75) is 25.3 Å². The van der Waals surface area contributed by atoms with E-state index in [0.29, 0.717) is 5.69 Å². The summed E-state index contributed by atoms with van der Waals surface area (Å²) in [5.74, 6) is 0.817. The number of nitrogens with zero attached hydrogens (tertiary/aromatic N) is 3. The number of morpholine rings is 1. The van der Waals surface area contributed by atoms with Crippen LogP contribution < -0.4 is 10.2 Å². The van der Waals surface area contributed by atoms with Crippen LogP contribution in [-0.4, -0.2) is 42.2 Å². The van der Waals surface area contributed by atoms with E-state index in [9.17, 15) is 4.79 Å². The predicted molar refractivity (Wildman–Crippen MR) is 118 cm³/mol. The molecule has 1 aliphatic carbocycles. The Morgan fingerprint density at radius 2 is 2.07 bits per heavy atom. The van der Waals surface area contributed by atoms with Crippen molar-refractivity contribution >= 4 is 23.1 Å². The van der Waals surface area contributed by atoms with Gasteiger partial charge in [-0.15, -0.1) is 11.3 Å². The average Bonchev–Trinajstić information content (AvgIpc) is 3.31. The first-order chi connectivity index (χ1) is 14.8. The quantitative estimate of drug-likeness (QED) is 0.694. The lowest BCUT2D eigenvalue weighted by Crippen LogP contribution is -2.36. The number of aryl methyl sites for hydroxylation is 1. The molecule has 2 aliphatic rings. The van der Waals surface area contributed by atoms with E-state index in [0.717, 1.165) is 62.0 Å². The molecule has 154 valence electrons. The van der Waals surface area contributed by atoms with Crippen LogP contribution in [0.4, 0.5) is 5.82 Å². The van der Waals surface area contributed by atoms with Gasteiger partial charge in [0.25, 0.3) is 5.91 Å². The SMILES string of the molecule is O=C(NC1CCCc2ccccc21)c1csc(-c2ccnc(N3CCOCC3)c2)n1. The molecule has 1 aliphatic heterocycles. The van der Waals surface area contributed by atoms with Crippen LogP contribution in [0, 0.1) is 0 Å². The molecule has 0 saturated carbocycles. The second-order valence-corrected chi connectivity index (χ2v) is 8.52. The molecule has 5 rings (SSSR count). The van der Waals surface area contributed by atoms with Crippen LogP contribution in [0.2, 0.25) is 0 Å². The summed E-state index contributed by atoms with van der Waals surface area (Å²) in [4.78, 5) is 24.2. The third kappa shape index (κ3) is 3.95. The topological polar surface area (TPSA) is 67.4 Å². The van der Waals surface area contributed by atoms with Crippen LogP contribution in [0.5, 0.6) is 0 Å². The van der Waals surface area contributed by atoms with Crippen LogP contribution in [0.1, 0.15) is 40.5 Å². The fourth-order valence-electron chi connectivity index (χ4n) is 4.16. The fraction of sp³-hybridized carbons (Fsp3) is 0.348. The minimum absolute atomic E-state index is 0.0569. The lowest BCUT2D eigenvalue weighted by molar-refractivity contribution is 0.0928. The van der Waals surface area contributed by atoms with Gasteiger partial charge in [0, 0.05) is 30.2 Å². The maximum absolute atomic E-state index is 12.9. The van der Waals surface area contributed by atoms with Gasteiger partial charge in [-0.3, -0.25) is 4.79 Å². The molecule has 0 bridgehead atoms. The third-order valence-electron chi connectivity index (χ3n) is 5.74. The van der Waals surface area contributed by atoms with Gasteiger partial charge >= 0.3 is 0 Å². The van der Waals surface area contributed by atoms with Gasteiger partial charge in [0.05, 0.1) is 19.3 Å². The van der Waals surface area contributed by atoms with Crippen LogP contribution in [0.25, 0.3) is 10.6 Å². The highest BCUT2D eigenvalue weighted by Gasteiger charge is 2.23. The van der Waals surface area contributed by atoms with Crippen molar-refractivity contribution in [2.24, 2.45) is 0 Å². The van der Waals surface area contributed by atoms with E-state index < -0.39 is 0 Å². The van der Waals surface area contributed by atoms with Gasteiger partial charge in [-0.05, 0) is 42.5 Å². The normalized spacial score (nSPS) is 18.7. The zero-order valence-electron chi connectivity index (χ0n) is 16.7. The Hall–Kier alpha value is -2.77. The average molecular weight is 421 g/mol. The molecular formula is C23H24N4O2S. The van der Waals surface area contributed by atoms with Crippen LogP contribution in [0.15, 0.2) is 48.0 Å².